The standard InChI is InChI=1S/C25H35N5O6/c1-28-21(31)6-5-20(24(28)33)30-23(32)18-3-2-4-19(22(18)25(30)34)27-9-13-35-15-16-36-14-12-29-10-7-17(26)8-11-29/h2-4,17,20,27H,5-16,26H2,1H3. The number of fused-ring (bicyclic) bond motifs is 1. The third-order valence-electron chi connectivity index (χ3n) is 7.00. The van der Waals surface area contributed by atoms with Gasteiger partial charge in [-0.15, -0.1) is 0 Å². The van der Waals surface area contributed by atoms with Gasteiger partial charge in [0.1, 0.15) is 6.04 Å². The molecule has 196 valence electrons. The molecule has 0 bridgehead atoms. The number of ether oxygens (including phenoxy) is 2. The maximum atomic E-state index is 13.2. The number of carbonyl (C=O) groups excluding carboxylic acids is 4. The number of likely N-dealkylation sites (N-methyl/N-ethyl adjacent to an activating group) is 1. The van der Waals surface area contributed by atoms with Gasteiger partial charge in [0.25, 0.3) is 17.7 Å². The van der Waals surface area contributed by atoms with E-state index in [-0.39, 0.29) is 29.9 Å². The normalized spacial score (nSPS) is 21.4. The van der Waals surface area contributed by atoms with E-state index in [1.165, 1.54) is 7.05 Å². The zero-order valence-electron chi connectivity index (χ0n) is 20.7. The van der Waals surface area contributed by atoms with E-state index in [9.17, 15) is 19.2 Å². The van der Waals surface area contributed by atoms with Gasteiger partial charge in [0.05, 0.1) is 37.6 Å². The van der Waals surface area contributed by atoms with Crippen LogP contribution in [0.4, 0.5) is 5.69 Å². The Morgan fingerprint density at radius 1 is 0.972 bits per heavy atom. The summed E-state index contributed by atoms with van der Waals surface area (Å²) in [6.45, 7) is 5.40. The third kappa shape index (κ3) is 5.75. The molecule has 1 unspecified atom stereocenters. The number of imide groups is 2. The highest BCUT2D eigenvalue weighted by molar-refractivity contribution is 6.25. The Hall–Kier alpha value is -2.86. The first kappa shape index (κ1) is 26.2. The summed E-state index contributed by atoms with van der Waals surface area (Å²) in [5.41, 5.74) is 6.94. The van der Waals surface area contributed by atoms with Gasteiger partial charge in [-0.3, -0.25) is 29.0 Å². The molecule has 3 N–H and O–H groups in total. The molecule has 0 saturated carbocycles. The molecule has 2 fully saturated rings. The molecular formula is C25H35N5O6. The van der Waals surface area contributed by atoms with E-state index in [1.807, 2.05) is 0 Å². The minimum Gasteiger partial charge on any atom is -0.382 e. The van der Waals surface area contributed by atoms with Crippen molar-refractivity contribution in [1.82, 2.24) is 14.7 Å². The molecule has 0 spiro atoms. The van der Waals surface area contributed by atoms with Crippen molar-refractivity contribution >= 4 is 29.3 Å². The number of hydrogen-bond acceptors (Lipinski definition) is 9. The molecule has 0 aliphatic carbocycles. The fourth-order valence-electron chi connectivity index (χ4n) is 4.82. The van der Waals surface area contributed by atoms with Crippen LogP contribution in [0.1, 0.15) is 46.4 Å². The second-order valence-electron chi connectivity index (χ2n) is 9.38. The van der Waals surface area contributed by atoms with Gasteiger partial charge in [0.2, 0.25) is 5.91 Å². The fraction of sp³-hybridized carbons (Fsp3) is 0.600. The Morgan fingerprint density at radius 3 is 2.44 bits per heavy atom. The minimum atomic E-state index is -0.969. The molecule has 0 aromatic heterocycles. The number of anilines is 1. The molecule has 11 heteroatoms. The first-order valence-corrected chi connectivity index (χ1v) is 12.6. The van der Waals surface area contributed by atoms with Crippen LogP contribution in [-0.2, 0) is 19.1 Å². The van der Waals surface area contributed by atoms with Crippen molar-refractivity contribution in [3.63, 3.8) is 0 Å². The van der Waals surface area contributed by atoms with Crippen molar-refractivity contribution in [3.8, 4) is 0 Å². The summed E-state index contributed by atoms with van der Waals surface area (Å²) in [7, 11) is 1.37. The SMILES string of the molecule is CN1C(=O)CCC(N2C(=O)c3cccc(NCCOCCOCCN4CCC(N)CC4)c3C2=O)C1=O. The number of hydrogen-bond donors (Lipinski definition) is 2. The Labute approximate surface area is 210 Å². The molecule has 3 aliphatic rings. The molecule has 2 saturated heterocycles. The van der Waals surface area contributed by atoms with Gasteiger partial charge in [-0.05, 0) is 44.5 Å². The lowest BCUT2D eigenvalue weighted by Crippen LogP contribution is -2.54. The summed E-state index contributed by atoms with van der Waals surface area (Å²) in [4.78, 5) is 54.9. The van der Waals surface area contributed by atoms with Gasteiger partial charge in [0.15, 0.2) is 0 Å². The summed E-state index contributed by atoms with van der Waals surface area (Å²) in [5, 5.41) is 3.16. The molecule has 36 heavy (non-hydrogen) atoms. The van der Waals surface area contributed by atoms with Crippen LogP contribution in [0, 0.1) is 0 Å². The lowest BCUT2D eigenvalue weighted by atomic mass is 10.0. The first-order chi connectivity index (χ1) is 17.4. The Morgan fingerprint density at radius 2 is 1.69 bits per heavy atom. The van der Waals surface area contributed by atoms with E-state index in [0.717, 1.165) is 42.3 Å². The summed E-state index contributed by atoms with van der Waals surface area (Å²) in [5.74, 6) is -1.89. The smallest absolute Gasteiger partial charge is 0.264 e. The van der Waals surface area contributed by atoms with Crippen molar-refractivity contribution in [2.45, 2.75) is 37.8 Å². The topological polar surface area (TPSA) is 135 Å². The zero-order valence-corrected chi connectivity index (χ0v) is 20.7. The fourth-order valence-corrected chi connectivity index (χ4v) is 4.82. The molecule has 1 atom stereocenters. The number of benzene rings is 1. The zero-order chi connectivity index (χ0) is 25.7. The molecule has 1 aromatic rings. The average Bonchev–Trinajstić information content (AvgIpc) is 3.13. The van der Waals surface area contributed by atoms with Crippen LogP contribution >= 0.6 is 0 Å². The number of amides is 4. The van der Waals surface area contributed by atoms with Crippen molar-refractivity contribution in [3.05, 3.63) is 29.3 Å². The summed E-state index contributed by atoms with van der Waals surface area (Å²) in [6.07, 6.45) is 2.32. The van der Waals surface area contributed by atoms with Crippen molar-refractivity contribution in [2.75, 3.05) is 65.0 Å². The number of nitrogens with two attached hydrogens (primary N) is 1. The van der Waals surface area contributed by atoms with Gasteiger partial charge in [-0.1, -0.05) is 6.07 Å². The number of rotatable bonds is 11. The van der Waals surface area contributed by atoms with Crippen LogP contribution in [0.3, 0.4) is 0 Å². The highest BCUT2D eigenvalue weighted by Crippen LogP contribution is 2.33. The number of carbonyl (C=O) groups is 4. The van der Waals surface area contributed by atoms with E-state index >= 15 is 0 Å². The highest BCUT2D eigenvalue weighted by Gasteiger charge is 2.47. The largest absolute Gasteiger partial charge is 0.382 e. The van der Waals surface area contributed by atoms with Gasteiger partial charge in [-0.25, -0.2) is 0 Å². The number of nitrogens with zero attached hydrogens (tertiary/aromatic N) is 3. The van der Waals surface area contributed by atoms with Crippen LogP contribution < -0.4 is 11.1 Å². The second kappa shape index (κ2) is 11.9. The number of nitrogens with one attached hydrogen (secondary N) is 1. The van der Waals surface area contributed by atoms with Crippen LogP contribution in [0.5, 0.6) is 0 Å². The lowest BCUT2D eigenvalue weighted by molar-refractivity contribution is -0.149. The summed E-state index contributed by atoms with van der Waals surface area (Å²) < 4.78 is 11.3. The number of likely N-dealkylation sites (tertiary alicyclic amines) is 2. The van der Waals surface area contributed by atoms with Crippen LogP contribution in [-0.4, -0.2) is 110 Å². The predicted molar refractivity (Wildman–Crippen MR) is 132 cm³/mol. The van der Waals surface area contributed by atoms with Crippen LogP contribution in [0.15, 0.2) is 18.2 Å². The quantitative estimate of drug-likeness (QED) is 0.324. The Kier molecular flexibility index (Phi) is 8.68. The second-order valence-corrected chi connectivity index (χ2v) is 9.38. The van der Waals surface area contributed by atoms with E-state index < -0.39 is 23.8 Å². The molecule has 3 aliphatic heterocycles. The Bertz CT molecular complexity index is 993. The van der Waals surface area contributed by atoms with Crippen molar-refractivity contribution in [2.24, 2.45) is 5.73 Å². The molecule has 3 heterocycles. The van der Waals surface area contributed by atoms with Gasteiger partial charge < -0.3 is 25.4 Å². The predicted octanol–water partition coefficient (Wildman–Crippen LogP) is 0.298. The van der Waals surface area contributed by atoms with E-state index in [1.54, 1.807) is 18.2 Å². The molecule has 11 nitrogen and oxygen atoms in total. The minimum absolute atomic E-state index is 0.111. The summed E-state index contributed by atoms with van der Waals surface area (Å²) >= 11 is 0. The molecule has 4 amide bonds. The molecule has 1 aromatic carbocycles. The lowest BCUT2D eigenvalue weighted by Gasteiger charge is -2.32. The van der Waals surface area contributed by atoms with Crippen LogP contribution in [0.2, 0.25) is 0 Å². The van der Waals surface area contributed by atoms with E-state index in [0.29, 0.717) is 44.7 Å². The molecular weight excluding hydrogens is 466 g/mol. The molecule has 4 rings (SSSR count). The summed E-state index contributed by atoms with van der Waals surface area (Å²) in [6, 6.07) is 4.36. The van der Waals surface area contributed by atoms with E-state index in [4.69, 9.17) is 15.2 Å². The maximum absolute atomic E-state index is 13.2. The maximum Gasteiger partial charge on any atom is 0.264 e. The number of piperidine rings is 2. The van der Waals surface area contributed by atoms with Crippen molar-refractivity contribution in [1.29, 1.82) is 0 Å². The highest BCUT2D eigenvalue weighted by atomic mass is 16.5. The average molecular weight is 502 g/mol. The third-order valence-corrected chi connectivity index (χ3v) is 7.00. The Balaban J connectivity index is 1.20. The van der Waals surface area contributed by atoms with Gasteiger partial charge >= 0.3 is 0 Å². The van der Waals surface area contributed by atoms with Crippen LogP contribution in [0.25, 0.3) is 0 Å². The van der Waals surface area contributed by atoms with Gasteiger partial charge in [0, 0.05) is 38.3 Å². The van der Waals surface area contributed by atoms with E-state index in [2.05, 4.69) is 10.2 Å². The monoisotopic (exact) mass is 501 g/mol. The van der Waals surface area contributed by atoms with Gasteiger partial charge in [-0.2, -0.15) is 0 Å². The first-order valence-electron chi connectivity index (χ1n) is 12.6. The van der Waals surface area contributed by atoms with Crippen molar-refractivity contribution < 1.29 is 28.7 Å². The molecule has 0 radical (unpaired) electrons.